The molecular weight excluding hydrogens is 233 g/mol. The lowest BCUT2D eigenvalue weighted by molar-refractivity contribution is 0.0870. The largest absolute Gasteiger partial charge is 0.494 e. The van der Waals surface area contributed by atoms with E-state index in [4.69, 9.17) is 10.5 Å². The summed E-state index contributed by atoms with van der Waals surface area (Å²) in [5.41, 5.74) is 6.36. The van der Waals surface area contributed by atoms with Gasteiger partial charge in [0, 0.05) is 17.5 Å². The molecule has 0 bridgehead atoms. The standard InChI is InChI=1S/C14H18FNO2/c1-18-13-7-6-9(8-11(13)15)14(17)10-4-2-3-5-12(10)16/h6-8,10,12H,2-5,16H2,1H3. The SMILES string of the molecule is COc1ccc(C(=O)C2CCCCC2N)cc1F. The zero-order chi connectivity index (χ0) is 13.1. The number of rotatable bonds is 3. The lowest BCUT2D eigenvalue weighted by atomic mass is 9.80. The Bertz CT molecular complexity index is 447. The average molecular weight is 251 g/mol. The van der Waals surface area contributed by atoms with Crippen LogP contribution in [0.5, 0.6) is 5.75 Å². The van der Waals surface area contributed by atoms with Gasteiger partial charge in [-0.1, -0.05) is 12.8 Å². The maximum Gasteiger partial charge on any atom is 0.167 e. The van der Waals surface area contributed by atoms with Crippen LogP contribution in [0, 0.1) is 11.7 Å². The molecule has 1 aromatic carbocycles. The van der Waals surface area contributed by atoms with E-state index in [0.29, 0.717) is 5.56 Å². The molecule has 2 rings (SSSR count). The summed E-state index contributed by atoms with van der Waals surface area (Å²) >= 11 is 0. The monoisotopic (exact) mass is 251 g/mol. The first-order chi connectivity index (χ1) is 8.63. The second-order valence-electron chi connectivity index (χ2n) is 4.77. The number of Topliss-reactive ketones (excluding diaryl/α,β-unsaturated/α-hetero) is 1. The predicted molar refractivity (Wildman–Crippen MR) is 67.2 cm³/mol. The van der Waals surface area contributed by atoms with Crippen molar-refractivity contribution in [1.29, 1.82) is 0 Å². The van der Waals surface area contributed by atoms with E-state index in [9.17, 15) is 9.18 Å². The van der Waals surface area contributed by atoms with Gasteiger partial charge in [-0.15, -0.1) is 0 Å². The van der Waals surface area contributed by atoms with Crippen molar-refractivity contribution in [2.45, 2.75) is 31.7 Å². The zero-order valence-corrected chi connectivity index (χ0v) is 10.5. The van der Waals surface area contributed by atoms with Crippen molar-refractivity contribution in [1.82, 2.24) is 0 Å². The lowest BCUT2D eigenvalue weighted by Crippen LogP contribution is -2.38. The fourth-order valence-corrected chi connectivity index (χ4v) is 2.52. The summed E-state index contributed by atoms with van der Waals surface area (Å²) in [5.74, 6) is -0.581. The summed E-state index contributed by atoms with van der Waals surface area (Å²) < 4.78 is 18.4. The van der Waals surface area contributed by atoms with Gasteiger partial charge >= 0.3 is 0 Å². The van der Waals surface area contributed by atoms with Gasteiger partial charge in [-0.2, -0.15) is 0 Å². The molecule has 1 fully saturated rings. The molecule has 0 spiro atoms. The molecule has 0 amide bonds. The van der Waals surface area contributed by atoms with E-state index in [1.165, 1.54) is 19.2 Å². The maximum atomic E-state index is 13.6. The predicted octanol–water partition coefficient (Wildman–Crippen LogP) is 2.53. The van der Waals surface area contributed by atoms with Gasteiger partial charge in [0.25, 0.3) is 0 Å². The topological polar surface area (TPSA) is 52.3 Å². The van der Waals surface area contributed by atoms with Crippen LogP contribution in [-0.4, -0.2) is 18.9 Å². The first-order valence-electron chi connectivity index (χ1n) is 6.27. The Balaban J connectivity index is 2.20. The zero-order valence-electron chi connectivity index (χ0n) is 10.5. The van der Waals surface area contributed by atoms with Crippen LogP contribution >= 0.6 is 0 Å². The summed E-state index contributed by atoms with van der Waals surface area (Å²) in [6, 6.07) is 4.22. The summed E-state index contributed by atoms with van der Waals surface area (Å²) in [5, 5.41) is 0. The molecule has 2 N–H and O–H groups in total. The van der Waals surface area contributed by atoms with Gasteiger partial charge in [-0.05, 0) is 31.0 Å². The molecule has 2 atom stereocenters. The van der Waals surface area contributed by atoms with E-state index < -0.39 is 5.82 Å². The van der Waals surface area contributed by atoms with E-state index >= 15 is 0 Å². The summed E-state index contributed by atoms with van der Waals surface area (Å²) in [7, 11) is 1.40. The Kier molecular flexibility index (Phi) is 3.97. The maximum absolute atomic E-state index is 13.6. The van der Waals surface area contributed by atoms with Crippen molar-refractivity contribution in [3.63, 3.8) is 0 Å². The molecule has 18 heavy (non-hydrogen) atoms. The molecule has 1 aromatic rings. The Morgan fingerprint density at radius 3 is 2.72 bits per heavy atom. The Morgan fingerprint density at radius 1 is 1.39 bits per heavy atom. The van der Waals surface area contributed by atoms with Gasteiger partial charge in [-0.25, -0.2) is 4.39 Å². The fraction of sp³-hybridized carbons (Fsp3) is 0.500. The van der Waals surface area contributed by atoms with Crippen LogP contribution < -0.4 is 10.5 Å². The molecule has 0 radical (unpaired) electrons. The molecule has 0 aromatic heterocycles. The third-order valence-corrected chi connectivity index (χ3v) is 3.59. The molecule has 0 saturated heterocycles. The van der Waals surface area contributed by atoms with E-state index in [1.807, 2.05) is 0 Å². The minimum Gasteiger partial charge on any atom is -0.494 e. The molecule has 4 heteroatoms. The van der Waals surface area contributed by atoms with E-state index in [1.54, 1.807) is 6.07 Å². The van der Waals surface area contributed by atoms with E-state index in [2.05, 4.69) is 0 Å². The Hall–Kier alpha value is -1.42. The normalized spacial score (nSPS) is 23.7. The minimum atomic E-state index is -0.507. The highest BCUT2D eigenvalue weighted by molar-refractivity contribution is 5.98. The van der Waals surface area contributed by atoms with E-state index in [-0.39, 0.29) is 23.5 Å². The van der Waals surface area contributed by atoms with Crippen molar-refractivity contribution in [3.8, 4) is 5.75 Å². The highest BCUT2D eigenvalue weighted by atomic mass is 19.1. The van der Waals surface area contributed by atoms with Crippen LogP contribution in [0.25, 0.3) is 0 Å². The van der Waals surface area contributed by atoms with Crippen molar-refractivity contribution in [3.05, 3.63) is 29.6 Å². The van der Waals surface area contributed by atoms with Crippen LogP contribution in [0.1, 0.15) is 36.0 Å². The summed E-state index contributed by atoms with van der Waals surface area (Å²) in [6.07, 6.45) is 3.76. The van der Waals surface area contributed by atoms with Crippen LogP contribution in [0.2, 0.25) is 0 Å². The number of methoxy groups -OCH3 is 1. The Morgan fingerprint density at radius 2 is 2.11 bits per heavy atom. The molecule has 3 nitrogen and oxygen atoms in total. The number of halogens is 1. The molecule has 1 saturated carbocycles. The van der Waals surface area contributed by atoms with Crippen LogP contribution in [0.15, 0.2) is 18.2 Å². The van der Waals surface area contributed by atoms with Gasteiger partial charge in [0.2, 0.25) is 0 Å². The van der Waals surface area contributed by atoms with Crippen molar-refractivity contribution >= 4 is 5.78 Å². The van der Waals surface area contributed by atoms with Crippen LogP contribution in [0.4, 0.5) is 4.39 Å². The number of ether oxygens (including phenoxy) is 1. The van der Waals surface area contributed by atoms with Crippen molar-refractivity contribution < 1.29 is 13.9 Å². The van der Waals surface area contributed by atoms with Crippen LogP contribution in [0.3, 0.4) is 0 Å². The lowest BCUT2D eigenvalue weighted by Gasteiger charge is -2.27. The first kappa shape index (κ1) is 13.0. The number of hydrogen-bond acceptors (Lipinski definition) is 3. The van der Waals surface area contributed by atoms with E-state index in [0.717, 1.165) is 25.7 Å². The van der Waals surface area contributed by atoms with Crippen molar-refractivity contribution in [2.24, 2.45) is 11.7 Å². The van der Waals surface area contributed by atoms with Gasteiger partial charge in [0.15, 0.2) is 17.3 Å². The average Bonchev–Trinajstić information content (AvgIpc) is 2.38. The molecular formula is C14H18FNO2. The van der Waals surface area contributed by atoms with Crippen molar-refractivity contribution in [2.75, 3.05) is 7.11 Å². The number of carbonyl (C=O) groups is 1. The molecule has 0 aliphatic heterocycles. The summed E-state index contributed by atoms with van der Waals surface area (Å²) in [4.78, 5) is 12.3. The number of ketones is 1. The number of hydrogen-bond donors (Lipinski definition) is 1. The van der Waals surface area contributed by atoms with Gasteiger partial charge in [0.05, 0.1) is 7.11 Å². The smallest absolute Gasteiger partial charge is 0.167 e. The fourth-order valence-electron chi connectivity index (χ4n) is 2.52. The third-order valence-electron chi connectivity index (χ3n) is 3.59. The molecule has 98 valence electrons. The molecule has 1 aliphatic rings. The third kappa shape index (κ3) is 2.53. The van der Waals surface area contributed by atoms with Gasteiger partial charge < -0.3 is 10.5 Å². The highest BCUT2D eigenvalue weighted by Gasteiger charge is 2.29. The molecule has 1 aliphatic carbocycles. The molecule has 0 heterocycles. The van der Waals surface area contributed by atoms with Gasteiger partial charge in [-0.3, -0.25) is 4.79 Å². The summed E-state index contributed by atoms with van der Waals surface area (Å²) in [6.45, 7) is 0. The van der Waals surface area contributed by atoms with Crippen LogP contribution in [-0.2, 0) is 0 Å². The minimum absolute atomic E-state index is 0.0521. The number of nitrogens with two attached hydrogens (primary N) is 1. The number of carbonyl (C=O) groups excluding carboxylic acids is 1. The second kappa shape index (κ2) is 5.48. The molecule has 2 unspecified atom stereocenters. The Labute approximate surface area is 106 Å². The highest BCUT2D eigenvalue weighted by Crippen LogP contribution is 2.27. The first-order valence-corrected chi connectivity index (χ1v) is 6.27. The second-order valence-corrected chi connectivity index (χ2v) is 4.77. The van der Waals surface area contributed by atoms with Gasteiger partial charge in [0.1, 0.15) is 0 Å². The number of benzene rings is 1. The quantitative estimate of drug-likeness (QED) is 0.840.